The highest BCUT2D eigenvalue weighted by Crippen LogP contribution is 2.49. The Balaban J connectivity index is 1.46. The fourth-order valence-corrected chi connectivity index (χ4v) is 5.42. The Morgan fingerprint density at radius 2 is 1.60 bits per heavy atom. The van der Waals surface area contributed by atoms with E-state index in [1.165, 1.54) is 51.3 Å². The van der Waals surface area contributed by atoms with Crippen LogP contribution in [0.1, 0.15) is 78.6 Å². The summed E-state index contributed by atoms with van der Waals surface area (Å²) >= 11 is 0. The normalized spacial score (nSPS) is 31.3. The van der Waals surface area contributed by atoms with E-state index in [0.29, 0.717) is 0 Å². The van der Waals surface area contributed by atoms with Gasteiger partial charge in [-0.15, -0.1) is 5.06 Å². The molecule has 0 amide bonds. The minimum absolute atomic E-state index is 0.496. The number of ether oxygens (including phenoxy) is 1. The summed E-state index contributed by atoms with van der Waals surface area (Å²) < 4.78 is 5.28. The summed E-state index contributed by atoms with van der Waals surface area (Å²) in [6, 6.07) is 0. The molecule has 0 aromatic carbocycles. The Kier molecular flexibility index (Phi) is 6.35. The van der Waals surface area contributed by atoms with E-state index in [1.54, 1.807) is 0 Å². The fourth-order valence-electron chi connectivity index (χ4n) is 5.42. The summed E-state index contributed by atoms with van der Waals surface area (Å²) in [5, 5.41) is 1.83. The van der Waals surface area contributed by atoms with Gasteiger partial charge in [-0.05, 0) is 46.0 Å². The average molecular weight is 349 g/mol. The molecule has 0 aromatic rings. The van der Waals surface area contributed by atoms with Gasteiger partial charge in [-0.3, -0.25) is 0 Å². The highest BCUT2D eigenvalue weighted by atomic mass is 16.8. The molecule has 142 valence electrons. The van der Waals surface area contributed by atoms with Crippen molar-refractivity contribution in [3.63, 3.8) is 0 Å². The number of fused-ring (bicyclic) bond motifs is 2. The molecule has 3 heterocycles. The number of carbonyl (C=O) groups is 1. The molecule has 4 nitrogen and oxygen atoms in total. The summed E-state index contributed by atoms with van der Waals surface area (Å²) in [6.45, 7) is 8.28. The van der Waals surface area contributed by atoms with Crippen LogP contribution < -0.4 is 0 Å². The first kappa shape index (κ1) is 19.1. The lowest BCUT2D eigenvalue weighted by Gasteiger charge is -2.42. The Labute approximate surface area is 154 Å². The largest absolute Gasteiger partial charge is 0.528 e. The Morgan fingerprint density at radius 1 is 0.960 bits per heavy atom. The van der Waals surface area contributed by atoms with Gasteiger partial charge in [0.25, 0.3) is 0 Å². The number of hydroxylamine groups is 2. The van der Waals surface area contributed by atoms with Crippen molar-refractivity contribution in [2.24, 2.45) is 5.92 Å². The fraction of sp³-hybridized carbons (Fsp3) is 0.950. The van der Waals surface area contributed by atoms with Gasteiger partial charge >= 0.3 is 6.16 Å². The molecular weight excluding hydrogens is 313 g/mol. The van der Waals surface area contributed by atoms with Crippen LogP contribution in [0.25, 0.3) is 0 Å². The summed E-state index contributed by atoms with van der Waals surface area (Å²) in [5.74, 6) is 2.81. The van der Waals surface area contributed by atoms with E-state index >= 15 is 0 Å². The molecule has 3 fully saturated rings. The Morgan fingerprint density at radius 3 is 2.20 bits per heavy atom. The van der Waals surface area contributed by atoms with E-state index in [1.807, 2.05) is 25.8 Å². The van der Waals surface area contributed by atoms with Crippen LogP contribution in [-0.4, -0.2) is 36.6 Å². The van der Waals surface area contributed by atoms with Crippen LogP contribution in [0.5, 0.6) is 0 Å². The van der Waals surface area contributed by atoms with Crippen molar-refractivity contribution in [3.05, 3.63) is 0 Å². The third kappa shape index (κ3) is 5.64. The van der Waals surface area contributed by atoms with E-state index in [-0.39, 0.29) is 0 Å². The maximum atomic E-state index is 11.9. The maximum absolute atomic E-state index is 11.9. The van der Waals surface area contributed by atoms with Crippen LogP contribution in [0.4, 0.5) is 4.79 Å². The molecule has 0 spiro atoms. The van der Waals surface area contributed by atoms with Crippen molar-refractivity contribution >= 4 is 12.9 Å². The van der Waals surface area contributed by atoms with Crippen LogP contribution >= 0.6 is 0 Å². The SMILES string of the molecule is CC(C)(C)OC(=O)ON1CCCC(CB2C3CCCC2CCC3)CC1. The molecule has 0 radical (unpaired) electrons. The first-order chi connectivity index (χ1) is 11.9. The second-order valence-corrected chi connectivity index (χ2v) is 9.56. The van der Waals surface area contributed by atoms with Gasteiger partial charge in [0.05, 0.1) is 0 Å². The standard InChI is InChI=1S/C20H36BNO3/c1-20(2,3)24-19(23)25-22-13-6-7-16(12-14-22)15-21-17-8-4-9-18(21)11-5-10-17/h16-18H,4-15H2,1-3H3. The monoisotopic (exact) mass is 349 g/mol. The van der Waals surface area contributed by atoms with Gasteiger partial charge < -0.3 is 9.57 Å². The summed E-state index contributed by atoms with van der Waals surface area (Å²) in [6.07, 6.45) is 13.2. The second-order valence-electron chi connectivity index (χ2n) is 9.56. The van der Waals surface area contributed by atoms with Gasteiger partial charge in [-0.1, -0.05) is 56.5 Å². The van der Waals surface area contributed by atoms with Crippen LogP contribution in [0.3, 0.4) is 0 Å². The molecule has 3 saturated heterocycles. The minimum atomic E-state index is -0.562. The van der Waals surface area contributed by atoms with E-state index in [4.69, 9.17) is 9.57 Å². The molecule has 0 saturated carbocycles. The van der Waals surface area contributed by atoms with Gasteiger partial charge in [0.15, 0.2) is 0 Å². The molecule has 1 atom stereocenters. The molecule has 0 aromatic heterocycles. The number of carbonyl (C=O) groups excluding carboxylic acids is 1. The minimum Gasteiger partial charge on any atom is -0.427 e. The quantitative estimate of drug-likeness (QED) is 0.494. The third-order valence-corrected chi connectivity index (χ3v) is 6.52. The zero-order chi connectivity index (χ0) is 17.9. The van der Waals surface area contributed by atoms with E-state index in [0.717, 1.165) is 50.2 Å². The van der Waals surface area contributed by atoms with Gasteiger partial charge in [0, 0.05) is 13.1 Å². The molecule has 0 aliphatic carbocycles. The van der Waals surface area contributed by atoms with E-state index in [9.17, 15) is 4.79 Å². The zero-order valence-corrected chi connectivity index (χ0v) is 16.5. The second kappa shape index (κ2) is 8.32. The molecule has 0 N–H and O–H groups in total. The van der Waals surface area contributed by atoms with Crippen LogP contribution in [0, 0.1) is 5.92 Å². The summed E-state index contributed by atoms with van der Waals surface area (Å²) in [4.78, 5) is 17.3. The van der Waals surface area contributed by atoms with Crippen LogP contribution in [0.15, 0.2) is 0 Å². The highest BCUT2D eigenvalue weighted by Gasteiger charge is 2.40. The molecule has 25 heavy (non-hydrogen) atoms. The van der Waals surface area contributed by atoms with E-state index < -0.39 is 11.8 Å². The maximum Gasteiger partial charge on any atom is 0.528 e. The molecule has 3 aliphatic rings. The van der Waals surface area contributed by atoms with Gasteiger partial charge in [-0.25, -0.2) is 4.79 Å². The topological polar surface area (TPSA) is 38.8 Å². The van der Waals surface area contributed by atoms with E-state index in [2.05, 4.69) is 0 Å². The Bertz CT molecular complexity index is 429. The summed E-state index contributed by atoms with van der Waals surface area (Å²) in [7, 11) is 0. The molecule has 3 rings (SSSR count). The predicted octanol–water partition coefficient (Wildman–Crippen LogP) is 5.56. The van der Waals surface area contributed by atoms with Crippen LogP contribution in [-0.2, 0) is 9.57 Å². The first-order valence-corrected chi connectivity index (χ1v) is 10.6. The lowest BCUT2D eigenvalue weighted by Crippen LogP contribution is -2.36. The lowest BCUT2D eigenvalue weighted by molar-refractivity contribution is -0.141. The van der Waals surface area contributed by atoms with Crippen molar-refractivity contribution in [2.45, 2.75) is 102 Å². The molecule has 5 heteroatoms. The summed E-state index contributed by atoms with van der Waals surface area (Å²) in [5.41, 5.74) is -0.496. The van der Waals surface area contributed by atoms with Crippen molar-refractivity contribution in [3.8, 4) is 0 Å². The van der Waals surface area contributed by atoms with Gasteiger partial charge in [0.1, 0.15) is 12.3 Å². The molecule has 3 aliphatic heterocycles. The molecule has 1 unspecified atom stereocenters. The third-order valence-electron chi connectivity index (χ3n) is 6.52. The number of rotatable bonds is 3. The van der Waals surface area contributed by atoms with Crippen molar-refractivity contribution < 1.29 is 14.4 Å². The van der Waals surface area contributed by atoms with Gasteiger partial charge in [-0.2, -0.15) is 0 Å². The lowest BCUT2D eigenvalue weighted by atomic mass is 9.25. The smallest absolute Gasteiger partial charge is 0.427 e. The van der Waals surface area contributed by atoms with Crippen molar-refractivity contribution in [2.75, 3.05) is 13.1 Å². The first-order valence-electron chi connectivity index (χ1n) is 10.6. The zero-order valence-electron chi connectivity index (χ0n) is 16.5. The highest BCUT2D eigenvalue weighted by molar-refractivity contribution is 6.62. The average Bonchev–Trinajstić information content (AvgIpc) is 2.70. The predicted molar refractivity (Wildman–Crippen MR) is 102 cm³/mol. The number of nitrogens with zero attached hydrogens (tertiary/aromatic N) is 1. The number of hydrogen-bond acceptors (Lipinski definition) is 4. The molecule has 2 bridgehead atoms. The Hall–Kier alpha value is -0.705. The van der Waals surface area contributed by atoms with Crippen molar-refractivity contribution in [1.82, 2.24) is 5.06 Å². The molecular formula is C20H36BNO3. The van der Waals surface area contributed by atoms with Gasteiger partial charge in [0.2, 0.25) is 0 Å². The van der Waals surface area contributed by atoms with Crippen molar-refractivity contribution in [1.29, 1.82) is 0 Å². The van der Waals surface area contributed by atoms with Crippen LogP contribution in [0.2, 0.25) is 18.0 Å². The number of hydrogen-bond donors (Lipinski definition) is 0.